The minimum atomic E-state index is -0.749. The first-order valence-electron chi connectivity index (χ1n) is 6.53. The number of halogens is 1. The fourth-order valence-electron chi connectivity index (χ4n) is 2.06. The summed E-state index contributed by atoms with van der Waals surface area (Å²) in [5, 5.41) is 5.76. The molecule has 0 amide bonds. The van der Waals surface area contributed by atoms with E-state index >= 15 is 0 Å². The smallest absolute Gasteiger partial charge is 0.223 e. The Morgan fingerprint density at radius 3 is 2.62 bits per heavy atom. The predicted octanol–water partition coefficient (Wildman–Crippen LogP) is 4.62. The normalized spacial score (nSPS) is 11.5. The summed E-state index contributed by atoms with van der Waals surface area (Å²) in [7, 11) is 0. The van der Waals surface area contributed by atoms with Gasteiger partial charge in [0.2, 0.25) is 5.88 Å². The second-order valence-electron chi connectivity index (χ2n) is 5.44. The molecular weight excluding hydrogens is 290 g/mol. The van der Waals surface area contributed by atoms with Gasteiger partial charge in [0, 0.05) is 17.3 Å². The topological polar surface area (TPSA) is 83.8 Å². The van der Waals surface area contributed by atoms with Gasteiger partial charge >= 0.3 is 0 Å². The van der Waals surface area contributed by atoms with Gasteiger partial charge < -0.3 is 4.74 Å². The van der Waals surface area contributed by atoms with Crippen LogP contribution in [0.5, 0.6) is 5.88 Å². The highest BCUT2D eigenvalue weighted by molar-refractivity contribution is 6.30. The van der Waals surface area contributed by atoms with Gasteiger partial charge in [-0.15, -0.1) is 0 Å². The second kappa shape index (κ2) is 5.76. The summed E-state index contributed by atoms with van der Waals surface area (Å²) in [5.74, 6) is 0.490. The molecule has 0 aliphatic carbocycles. The van der Waals surface area contributed by atoms with Crippen LogP contribution >= 0.6 is 11.6 Å². The monoisotopic (exact) mass is 305 g/mol. The highest BCUT2D eigenvalue weighted by Gasteiger charge is 2.24. The maximum atomic E-state index is 8.74. The molecule has 6 nitrogen and oxygen atoms in total. The van der Waals surface area contributed by atoms with Crippen molar-refractivity contribution >= 4 is 22.4 Å². The van der Waals surface area contributed by atoms with Crippen molar-refractivity contribution in [2.75, 3.05) is 0 Å². The number of hydrogen-bond acceptors (Lipinski definition) is 4. The lowest BCUT2D eigenvalue weighted by Gasteiger charge is -2.21. The Hall–Kier alpha value is -2.04. The Kier molecular flexibility index (Phi) is 4.21. The highest BCUT2D eigenvalue weighted by atomic mass is 35.5. The van der Waals surface area contributed by atoms with Crippen molar-refractivity contribution in [2.45, 2.75) is 39.3 Å². The zero-order valence-corrected chi connectivity index (χ0v) is 13.1. The van der Waals surface area contributed by atoms with Gasteiger partial charge in [0.15, 0.2) is 0 Å². The first-order valence-corrected chi connectivity index (χ1v) is 6.90. The summed E-state index contributed by atoms with van der Waals surface area (Å²) in [4.78, 5) is 11.3. The third-order valence-electron chi connectivity index (χ3n) is 3.00. The van der Waals surface area contributed by atoms with Crippen molar-refractivity contribution in [2.24, 2.45) is 5.11 Å². The predicted molar refractivity (Wildman–Crippen MR) is 82.5 cm³/mol. The van der Waals surface area contributed by atoms with Crippen LogP contribution in [0.15, 0.2) is 23.6 Å². The van der Waals surface area contributed by atoms with E-state index < -0.39 is 5.54 Å². The van der Waals surface area contributed by atoms with Gasteiger partial charge in [-0.2, -0.15) is 0 Å². The maximum Gasteiger partial charge on any atom is 0.223 e. The van der Waals surface area contributed by atoms with Crippen molar-refractivity contribution in [3.8, 4) is 5.88 Å². The molecule has 2 heterocycles. The number of nitrogens with zero attached hydrogens (tertiary/aromatic N) is 5. The number of aromatic nitrogens is 2. The lowest BCUT2D eigenvalue weighted by atomic mass is 9.93. The van der Waals surface area contributed by atoms with Gasteiger partial charge in [0.05, 0.1) is 17.0 Å². The number of azide groups is 1. The molecule has 2 aromatic heterocycles. The summed E-state index contributed by atoms with van der Waals surface area (Å²) in [6, 6.07) is 1.73. The zero-order valence-electron chi connectivity index (χ0n) is 12.3. The van der Waals surface area contributed by atoms with Crippen molar-refractivity contribution in [3.05, 3.63) is 39.6 Å². The number of rotatable bonds is 4. The molecule has 0 spiro atoms. The molecule has 0 unspecified atom stereocenters. The SMILES string of the molecule is CC(C)Oc1ncc(C(C)(C)N=[N+]=[N-])c2cc(Cl)ncc12. The van der Waals surface area contributed by atoms with E-state index in [9.17, 15) is 0 Å². The Morgan fingerprint density at radius 1 is 1.29 bits per heavy atom. The van der Waals surface area contributed by atoms with E-state index in [2.05, 4.69) is 20.0 Å². The van der Waals surface area contributed by atoms with Crippen molar-refractivity contribution in [1.29, 1.82) is 0 Å². The fourth-order valence-corrected chi connectivity index (χ4v) is 2.21. The van der Waals surface area contributed by atoms with Gasteiger partial charge in [-0.1, -0.05) is 30.6 Å². The molecule has 0 radical (unpaired) electrons. The molecule has 110 valence electrons. The molecule has 0 bridgehead atoms. The molecular formula is C14H16ClN5O. The third kappa shape index (κ3) is 3.17. The summed E-state index contributed by atoms with van der Waals surface area (Å²) < 4.78 is 5.70. The van der Waals surface area contributed by atoms with Crippen molar-refractivity contribution < 1.29 is 4.74 Å². The van der Waals surface area contributed by atoms with Gasteiger partial charge in [-0.3, -0.25) is 0 Å². The molecule has 2 aromatic rings. The van der Waals surface area contributed by atoms with Crippen LogP contribution in [0, 0.1) is 0 Å². The Balaban J connectivity index is 2.74. The van der Waals surface area contributed by atoms with Gasteiger partial charge in [0.25, 0.3) is 0 Å². The number of hydrogen-bond donors (Lipinski definition) is 0. The van der Waals surface area contributed by atoms with Crippen LogP contribution in [0.2, 0.25) is 5.15 Å². The molecule has 0 aliphatic rings. The fraction of sp³-hybridized carbons (Fsp3) is 0.429. The lowest BCUT2D eigenvalue weighted by molar-refractivity contribution is 0.236. The molecule has 0 fully saturated rings. The van der Waals surface area contributed by atoms with Crippen LogP contribution in [0.3, 0.4) is 0 Å². The molecule has 21 heavy (non-hydrogen) atoms. The van der Waals surface area contributed by atoms with E-state index in [-0.39, 0.29) is 6.10 Å². The van der Waals surface area contributed by atoms with E-state index in [0.29, 0.717) is 11.0 Å². The van der Waals surface area contributed by atoms with Crippen molar-refractivity contribution in [1.82, 2.24) is 9.97 Å². The molecule has 0 aromatic carbocycles. The van der Waals surface area contributed by atoms with E-state index in [1.165, 1.54) is 0 Å². The Bertz CT molecular complexity index is 723. The zero-order chi connectivity index (χ0) is 15.6. The maximum absolute atomic E-state index is 8.74. The number of ether oxygens (including phenoxy) is 1. The summed E-state index contributed by atoms with van der Waals surface area (Å²) in [6.45, 7) is 7.49. The second-order valence-corrected chi connectivity index (χ2v) is 5.83. The van der Waals surface area contributed by atoms with E-state index in [0.717, 1.165) is 16.3 Å². The molecule has 7 heteroatoms. The van der Waals surface area contributed by atoms with Crippen LogP contribution in [0.25, 0.3) is 21.2 Å². The van der Waals surface area contributed by atoms with E-state index in [1.807, 2.05) is 27.7 Å². The highest BCUT2D eigenvalue weighted by Crippen LogP contribution is 2.35. The molecule has 0 N–H and O–H groups in total. The summed E-state index contributed by atoms with van der Waals surface area (Å²) >= 11 is 6.00. The van der Waals surface area contributed by atoms with Gasteiger partial charge in [-0.05, 0) is 36.4 Å². The summed E-state index contributed by atoms with van der Waals surface area (Å²) in [5.41, 5.74) is 8.76. The minimum Gasteiger partial charge on any atom is -0.474 e. The largest absolute Gasteiger partial charge is 0.474 e. The van der Waals surface area contributed by atoms with E-state index in [4.69, 9.17) is 21.9 Å². The first kappa shape index (κ1) is 15.4. The van der Waals surface area contributed by atoms with Gasteiger partial charge in [-0.25, -0.2) is 9.97 Å². The molecule has 2 rings (SSSR count). The standard InChI is InChI=1S/C14H16ClN5O/c1-8(2)21-13-10-6-17-12(15)5-9(10)11(7-18-13)14(3,4)19-20-16/h5-8H,1-4H3. The minimum absolute atomic E-state index is 0.00707. The van der Waals surface area contributed by atoms with E-state index in [1.54, 1.807) is 18.5 Å². The molecule has 0 saturated heterocycles. The Morgan fingerprint density at radius 2 is 2.00 bits per heavy atom. The average Bonchev–Trinajstić information content (AvgIpc) is 2.37. The molecule has 0 saturated carbocycles. The van der Waals surface area contributed by atoms with Crippen LogP contribution in [-0.2, 0) is 5.54 Å². The lowest BCUT2D eigenvalue weighted by Crippen LogP contribution is -2.15. The van der Waals surface area contributed by atoms with Gasteiger partial charge in [0.1, 0.15) is 5.15 Å². The average molecular weight is 306 g/mol. The van der Waals surface area contributed by atoms with Crippen LogP contribution in [0.1, 0.15) is 33.3 Å². The molecule has 0 atom stereocenters. The quantitative estimate of drug-likeness (QED) is 0.357. The third-order valence-corrected chi connectivity index (χ3v) is 3.21. The first-order chi connectivity index (χ1) is 9.85. The van der Waals surface area contributed by atoms with Crippen molar-refractivity contribution in [3.63, 3.8) is 0 Å². The molecule has 0 aliphatic heterocycles. The number of pyridine rings is 2. The number of fused-ring (bicyclic) bond motifs is 1. The van der Waals surface area contributed by atoms with Crippen LogP contribution < -0.4 is 4.74 Å². The van der Waals surface area contributed by atoms with Crippen LogP contribution in [-0.4, -0.2) is 16.1 Å². The van der Waals surface area contributed by atoms with Crippen LogP contribution in [0.4, 0.5) is 0 Å². The summed E-state index contributed by atoms with van der Waals surface area (Å²) in [6.07, 6.45) is 3.27. The Labute approximate surface area is 127 Å².